The number of Topliss-reactive ketones (excluding diaryl/α,β-unsaturated/α-hetero) is 2. The molecule has 0 heterocycles. The Morgan fingerprint density at radius 3 is 2.28 bits per heavy atom. The van der Waals surface area contributed by atoms with Gasteiger partial charge in [-0.05, 0) is 57.3 Å². The molecule has 4 atom stereocenters. The molecule has 1 aromatic rings. The zero-order valence-corrected chi connectivity index (χ0v) is 22.1. The van der Waals surface area contributed by atoms with Crippen LogP contribution in [-0.4, -0.2) is 88.5 Å². The van der Waals surface area contributed by atoms with Crippen LogP contribution >= 0.6 is 0 Å². The van der Waals surface area contributed by atoms with Crippen molar-refractivity contribution in [2.75, 3.05) is 38.4 Å². The second kappa shape index (κ2) is 8.82. The van der Waals surface area contributed by atoms with E-state index in [-0.39, 0.29) is 41.5 Å². The molecule has 0 bridgehead atoms. The number of nitrogens with one attached hydrogen (secondary N) is 1. The maximum Gasteiger partial charge on any atom is 0.255 e. The molecule has 5 rings (SSSR count). The quantitative estimate of drug-likeness (QED) is 0.227. The van der Waals surface area contributed by atoms with Crippen molar-refractivity contribution in [1.82, 2.24) is 4.90 Å². The summed E-state index contributed by atoms with van der Waals surface area (Å²) in [6.07, 6.45) is 1.63. The highest BCUT2D eigenvalue weighted by molar-refractivity contribution is 6.25. The Kier molecular flexibility index (Phi) is 6.03. The highest BCUT2D eigenvalue weighted by Crippen LogP contribution is 2.54. The minimum Gasteiger partial charge on any atom is -0.510 e. The first-order chi connectivity index (χ1) is 18.2. The molecule has 208 valence electrons. The normalized spacial score (nSPS) is 28.2. The minimum atomic E-state index is -2.71. The van der Waals surface area contributed by atoms with Gasteiger partial charge in [-0.15, -0.1) is 0 Å². The zero-order valence-electron chi connectivity index (χ0n) is 22.1. The van der Waals surface area contributed by atoms with E-state index in [1.54, 1.807) is 39.2 Å². The van der Waals surface area contributed by atoms with Gasteiger partial charge in [0.1, 0.15) is 17.1 Å². The lowest BCUT2D eigenvalue weighted by atomic mass is 9.58. The molecule has 4 aliphatic carbocycles. The standard InChI is InChI=1S/C27H32N4O8/c1-30(2)15-9-14(29-26(38)10-5-6-10)20(32)17-12(15)7-11-8-13-19(31(3)4)22(34)18(25(28)37)24(36)27(13,39)23(35)16(11)21(17)33/h9-11,13,19,32,34-35,39H,5-8H2,1-4H3,(H2,28,37)(H,29,38)/t11?,13?,19-,27?/m0/s1. The second-order valence-corrected chi connectivity index (χ2v) is 11.3. The highest BCUT2D eigenvalue weighted by Gasteiger charge is 2.63. The summed E-state index contributed by atoms with van der Waals surface area (Å²) in [5, 5.41) is 47.8. The van der Waals surface area contributed by atoms with E-state index in [9.17, 15) is 39.6 Å². The smallest absolute Gasteiger partial charge is 0.255 e. The van der Waals surface area contributed by atoms with Gasteiger partial charge in [-0.25, -0.2) is 0 Å². The molecule has 12 heteroatoms. The number of anilines is 2. The fraction of sp³-hybridized carbons (Fsp3) is 0.481. The molecule has 2 amide bonds. The number of likely N-dealkylation sites (N-methyl/N-ethyl adjacent to an activating group) is 1. The van der Waals surface area contributed by atoms with Gasteiger partial charge in [0.2, 0.25) is 11.7 Å². The number of carbonyl (C=O) groups excluding carboxylic acids is 4. The molecule has 39 heavy (non-hydrogen) atoms. The average molecular weight is 541 g/mol. The first-order valence-corrected chi connectivity index (χ1v) is 12.7. The average Bonchev–Trinajstić information content (AvgIpc) is 3.68. The van der Waals surface area contributed by atoms with Gasteiger partial charge in [-0.3, -0.25) is 24.1 Å². The molecule has 0 aromatic heterocycles. The molecule has 3 unspecified atom stereocenters. The van der Waals surface area contributed by atoms with Crippen LogP contribution < -0.4 is 16.0 Å². The van der Waals surface area contributed by atoms with Crippen LogP contribution in [0, 0.1) is 17.8 Å². The Morgan fingerprint density at radius 2 is 1.74 bits per heavy atom. The summed E-state index contributed by atoms with van der Waals surface area (Å²) in [6.45, 7) is 0. The molecule has 1 aromatic carbocycles. The Bertz CT molecular complexity index is 1410. The summed E-state index contributed by atoms with van der Waals surface area (Å²) < 4.78 is 0. The van der Waals surface area contributed by atoms with Crippen LogP contribution in [0.15, 0.2) is 28.7 Å². The number of rotatable bonds is 5. The number of nitrogens with zero attached hydrogens (tertiary/aromatic N) is 2. The number of allylic oxidation sites excluding steroid dienone is 1. The molecule has 1 saturated carbocycles. The lowest BCUT2D eigenvalue weighted by molar-refractivity contribution is -0.148. The third kappa shape index (κ3) is 3.73. The number of fused-ring (bicyclic) bond motifs is 3. The third-order valence-corrected chi connectivity index (χ3v) is 8.39. The monoisotopic (exact) mass is 540 g/mol. The van der Waals surface area contributed by atoms with E-state index in [0.717, 1.165) is 12.8 Å². The van der Waals surface area contributed by atoms with E-state index < -0.39 is 63.8 Å². The van der Waals surface area contributed by atoms with Crippen molar-refractivity contribution in [2.45, 2.75) is 37.3 Å². The summed E-state index contributed by atoms with van der Waals surface area (Å²) in [5.74, 6) is -7.61. The first-order valence-electron chi connectivity index (χ1n) is 12.7. The second-order valence-electron chi connectivity index (χ2n) is 11.3. The van der Waals surface area contributed by atoms with Gasteiger partial charge >= 0.3 is 0 Å². The zero-order chi connectivity index (χ0) is 28.7. The van der Waals surface area contributed by atoms with Gasteiger partial charge < -0.3 is 36.4 Å². The van der Waals surface area contributed by atoms with Crippen molar-refractivity contribution >= 4 is 34.8 Å². The molecule has 0 spiro atoms. The number of amides is 2. The summed E-state index contributed by atoms with van der Waals surface area (Å²) in [6, 6.07) is 0.535. The molecule has 4 aliphatic rings. The molecule has 12 nitrogen and oxygen atoms in total. The number of carbonyl (C=O) groups is 4. The maximum atomic E-state index is 14.0. The van der Waals surface area contributed by atoms with Crippen LogP contribution in [-0.2, 0) is 20.8 Å². The van der Waals surface area contributed by atoms with Crippen LogP contribution in [0.4, 0.5) is 11.4 Å². The van der Waals surface area contributed by atoms with E-state index in [1.165, 1.54) is 4.90 Å². The van der Waals surface area contributed by atoms with Crippen LogP contribution in [0.5, 0.6) is 5.75 Å². The number of aliphatic hydroxyl groups excluding tert-OH is 2. The predicted molar refractivity (Wildman–Crippen MR) is 139 cm³/mol. The van der Waals surface area contributed by atoms with Gasteiger partial charge in [0.25, 0.3) is 5.91 Å². The van der Waals surface area contributed by atoms with Gasteiger partial charge in [0.15, 0.2) is 17.1 Å². The van der Waals surface area contributed by atoms with Crippen molar-refractivity contribution in [3.8, 4) is 5.75 Å². The summed E-state index contributed by atoms with van der Waals surface area (Å²) in [5.41, 5.74) is 2.51. The first kappa shape index (κ1) is 26.7. The van der Waals surface area contributed by atoms with E-state index in [0.29, 0.717) is 11.3 Å². The topological polar surface area (TPSA) is 194 Å². The lowest BCUT2D eigenvalue weighted by Gasteiger charge is -2.50. The Hall–Kier alpha value is -3.90. The molecular formula is C27H32N4O8. The molecule has 1 fully saturated rings. The third-order valence-electron chi connectivity index (χ3n) is 8.39. The van der Waals surface area contributed by atoms with E-state index in [1.807, 2.05) is 0 Å². The molecule has 0 aliphatic heterocycles. The maximum absolute atomic E-state index is 14.0. The summed E-state index contributed by atoms with van der Waals surface area (Å²) in [4.78, 5) is 55.2. The van der Waals surface area contributed by atoms with Crippen LogP contribution in [0.3, 0.4) is 0 Å². The highest BCUT2D eigenvalue weighted by atomic mass is 16.3. The van der Waals surface area contributed by atoms with Crippen molar-refractivity contribution in [1.29, 1.82) is 0 Å². The van der Waals surface area contributed by atoms with Crippen molar-refractivity contribution in [3.05, 3.63) is 39.9 Å². The number of nitrogens with two attached hydrogens (primary N) is 1. The number of phenols is 1. The number of primary amides is 1. The number of benzene rings is 1. The van der Waals surface area contributed by atoms with Crippen LogP contribution in [0.1, 0.15) is 35.2 Å². The van der Waals surface area contributed by atoms with E-state index >= 15 is 0 Å². The van der Waals surface area contributed by atoms with Crippen molar-refractivity contribution < 1.29 is 39.6 Å². The predicted octanol–water partition coefficient (Wildman–Crippen LogP) is 0.535. The minimum absolute atomic E-state index is 0.000437. The van der Waals surface area contributed by atoms with Gasteiger partial charge in [0.05, 0.1) is 17.3 Å². The SMILES string of the molecule is CN(C)c1cc(NC(=O)C2CC2)c(O)c2c1CC1CC3[C@H](N(C)C)C(O)=C(C(N)=O)C(=O)C3(O)C(O)=C1C2=O. The largest absolute Gasteiger partial charge is 0.510 e. The number of aliphatic hydroxyl groups is 3. The van der Waals surface area contributed by atoms with Gasteiger partial charge in [0, 0.05) is 37.2 Å². The van der Waals surface area contributed by atoms with Gasteiger partial charge in [-0.2, -0.15) is 0 Å². The Morgan fingerprint density at radius 1 is 1.10 bits per heavy atom. The number of hydrogen-bond donors (Lipinski definition) is 6. The molecule has 7 N–H and O–H groups in total. The molecular weight excluding hydrogens is 508 g/mol. The van der Waals surface area contributed by atoms with E-state index in [4.69, 9.17) is 5.73 Å². The number of ketones is 2. The number of aromatic hydroxyl groups is 1. The summed E-state index contributed by atoms with van der Waals surface area (Å²) in [7, 11) is 6.66. The number of phenolic OH excluding ortho intramolecular Hbond substituents is 1. The fourth-order valence-electron chi connectivity index (χ4n) is 6.37. The fourth-order valence-corrected chi connectivity index (χ4v) is 6.37. The number of hydrogen-bond acceptors (Lipinski definition) is 10. The molecule has 0 radical (unpaired) electrons. The van der Waals surface area contributed by atoms with Crippen molar-refractivity contribution in [3.63, 3.8) is 0 Å². The van der Waals surface area contributed by atoms with Gasteiger partial charge in [-0.1, -0.05) is 0 Å². The van der Waals surface area contributed by atoms with Crippen LogP contribution in [0.2, 0.25) is 0 Å². The van der Waals surface area contributed by atoms with Crippen molar-refractivity contribution in [2.24, 2.45) is 23.5 Å². The molecule has 0 saturated heterocycles. The summed E-state index contributed by atoms with van der Waals surface area (Å²) >= 11 is 0. The van der Waals surface area contributed by atoms with E-state index in [2.05, 4.69) is 5.32 Å². The Labute approximate surface area is 224 Å². The lowest BCUT2D eigenvalue weighted by Crippen LogP contribution is -2.63. The van der Waals surface area contributed by atoms with Crippen LogP contribution in [0.25, 0.3) is 0 Å². The Balaban J connectivity index is 1.70.